The van der Waals surface area contributed by atoms with Crippen molar-refractivity contribution in [1.82, 2.24) is 4.98 Å². The number of rotatable bonds is 10. The number of aromatic nitrogens is 1. The molecule has 5 nitrogen and oxygen atoms in total. The first kappa shape index (κ1) is 25.6. The van der Waals surface area contributed by atoms with Crippen LogP contribution in [0.4, 0.5) is 5.69 Å². The van der Waals surface area contributed by atoms with Crippen molar-refractivity contribution in [3.05, 3.63) is 92.8 Å². The van der Waals surface area contributed by atoms with Crippen LogP contribution in [-0.4, -0.2) is 35.2 Å². The van der Waals surface area contributed by atoms with Crippen LogP contribution in [0.25, 0.3) is 17.0 Å². The standard InChI is InChI=1S/C29H28ClN3O2S/c1-3-19(2)24-16-20(6-9-27(34)28-5-4-14-36-28)15-21(29(24)35)18-31-12-13-33-25-10-11-32-26-17-22(30)7-8-23(25)26/h4-11,14-19,35H,3,12-13H2,1-2H3,(H,32,33)/b9-6+,31-18?. The second kappa shape index (κ2) is 12.0. The van der Waals surface area contributed by atoms with E-state index < -0.39 is 0 Å². The quantitative estimate of drug-likeness (QED) is 0.0982. The van der Waals surface area contributed by atoms with Crippen molar-refractivity contribution in [3.8, 4) is 5.75 Å². The summed E-state index contributed by atoms with van der Waals surface area (Å²) in [5.74, 6) is 0.379. The fourth-order valence-corrected chi connectivity index (χ4v) is 4.67. The van der Waals surface area contributed by atoms with Crippen molar-refractivity contribution in [3.63, 3.8) is 0 Å². The largest absolute Gasteiger partial charge is 0.507 e. The monoisotopic (exact) mass is 517 g/mol. The van der Waals surface area contributed by atoms with Gasteiger partial charge in [-0.05, 0) is 77.4 Å². The van der Waals surface area contributed by atoms with Crippen LogP contribution in [0.15, 0.2) is 71.2 Å². The van der Waals surface area contributed by atoms with Gasteiger partial charge in [0, 0.05) is 40.6 Å². The van der Waals surface area contributed by atoms with E-state index in [1.165, 1.54) is 11.3 Å². The summed E-state index contributed by atoms with van der Waals surface area (Å²) in [6.07, 6.45) is 7.72. The van der Waals surface area contributed by atoms with Crippen LogP contribution < -0.4 is 5.32 Å². The summed E-state index contributed by atoms with van der Waals surface area (Å²) in [7, 11) is 0. The van der Waals surface area contributed by atoms with Gasteiger partial charge in [-0.2, -0.15) is 0 Å². The molecule has 1 atom stereocenters. The molecule has 184 valence electrons. The summed E-state index contributed by atoms with van der Waals surface area (Å²) in [6.45, 7) is 5.30. The molecule has 7 heteroatoms. The van der Waals surface area contributed by atoms with Crippen LogP contribution >= 0.6 is 22.9 Å². The number of allylic oxidation sites excluding steroid dienone is 1. The molecular weight excluding hydrogens is 490 g/mol. The van der Waals surface area contributed by atoms with Gasteiger partial charge in [0.1, 0.15) is 5.75 Å². The van der Waals surface area contributed by atoms with Crippen LogP contribution in [0.5, 0.6) is 5.75 Å². The number of ketones is 1. The number of nitrogens with zero attached hydrogens (tertiary/aromatic N) is 2. The lowest BCUT2D eigenvalue weighted by molar-refractivity contribution is 0.105. The Morgan fingerprint density at radius 1 is 1.25 bits per heavy atom. The maximum Gasteiger partial charge on any atom is 0.195 e. The third-order valence-corrected chi connectivity index (χ3v) is 7.14. The number of pyridine rings is 1. The highest BCUT2D eigenvalue weighted by Crippen LogP contribution is 2.32. The van der Waals surface area contributed by atoms with Gasteiger partial charge in [-0.15, -0.1) is 11.3 Å². The maximum atomic E-state index is 12.4. The molecule has 2 N–H and O–H groups in total. The zero-order valence-corrected chi connectivity index (χ0v) is 21.8. The molecule has 0 aliphatic heterocycles. The van der Waals surface area contributed by atoms with Crippen molar-refractivity contribution in [2.45, 2.75) is 26.2 Å². The van der Waals surface area contributed by atoms with Crippen molar-refractivity contribution < 1.29 is 9.90 Å². The normalized spacial score (nSPS) is 12.5. The summed E-state index contributed by atoms with van der Waals surface area (Å²) in [5.41, 5.74) is 4.15. The van der Waals surface area contributed by atoms with Crippen molar-refractivity contribution in [2.75, 3.05) is 18.4 Å². The molecule has 1 unspecified atom stereocenters. The Bertz CT molecular complexity index is 1410. The molecule has 0 saturated heterocycles. The SMILES string of the molecule is CCC(C)c1cc(/C=C/C(=O)c2cccs2)cc(C=NCCNc2ccnc3cc(Cl)ccc23)c1O. The summed E-state index contributed by atoms with van der Waals surface area (Å²) >= 11 is 7.50. The average molecular weight is 518 g/mol. The minimum Gasteiger partial charge on any atom is -0.507 e. The fraction of sp³-hybridized carbons (Fsp3) is 0.207. The van der Waals surface area contributed by atoms with Crippen LogP contribution in [-0.2, 0) is 0 Å². The van der Waals surface area contributed by atoms with E-state index in [4.69, 9.17) is 11.6 Å². The number of aliphatic imine (C=N–C) groups is 1. The molecular formula is C29H28ClN3O2S. The predicted octanol–water partition coefficient (Wildman–Crippen LogP) is 7.60. The second-order valence-electron chi connectivity index (χ2n) is 8.51. The number of fused-ring (bicyclic) bond motifs is 1. The van der Waals surface area contributed by atoms with Crippen LogP contribution in [0, 0.1) is 0 Å². The molecule has 2 heterocycles. The zero-order chi connectivity index (χ0) is 25.5. The summed E-state index contributed by atoms with van der Waals surface area (Å²) in [6, 6.07) is 15.1. The lowest BCUT2D eigenvalue weighted by Gasteiger charge is -2.14. The van der Waals surface area contributed by atoms with E-state index in [1.807, 2.05) is 53.9 Å². The lowest BCUT2D eigenvalue weighted by Crippen LogP contribution is -2.06. The Labute approximate surface area is 220 Å². The first-order chi connectivity index (χ1) is 17.5. The maximum absolute atomic E-state index is 12.4. The summed E-state index contributed by atoms with van der Waals surface area (Å²) < 4.78 is 0. The molecule has 0 aliphatic carbocycles. The number of hydrogen-bond acceptors (Lipinski definition) is 6. The number of carbonyl (C=O) groups excluding carboxylic acids is 1. The second-order valence-corrected chi connectivity index (χ2v) is 9.90. The molecule has 0 bridgehead atoms. The third-order valence-electron chi connectivity index (χ3n) is 6.02. The third kappa shape index (κ3) is 6.20. The van der Waals surface area contributed by atoms with E-state index >= 15 is 0 Å². The Balaban J connectivity index is 1.48. The van der Waals surface area contributed by atoms with E-state index in [-0.39, 0.29) is 17.5 Å². The molecule has 0 spiro atoms. The molecule has 2 aromatic heterocycles. The Morgan fingerprint density at radius 3 is 2.89 bits per heavy atom. The molecule has 0 radical (unpaired) electrons. The summed E-state index contributed by atoms with van der Waals surface area (Å²) in [4.78, 5) is 22.0. The molecule has 2 aromatic carbocycles. The van der Waals surface area contributed by atoms with E-state index in [1.54, 1.807) is 24.6 Å². The predicted molar refractivity (Wildman–Crippen MR) is 152 cm³/mol. The Kier molecular flexibility index (Phi) is 8.52. The number of aromatic hydroxyl groups is 1. The van der Waals surface area contributed by atoms with Gasteiger partial charge in [0.2, 0.25) is 0 Å². The molecule has 0 fully saturated rings. The van der Waals surface area contributed by atoms with E-state index in [0.717, 1.165) is 34.1 Å². The molecule has 0 aliphatic rings. The van der Waals surface area contributed by atoms with Gasteiger partial charge in [0.15, 0.2) is 5.78 Å². The Hall–Kier alpha value is -3.48. The highest BCUT2D eigenvalue weighted by molar-refractivity contribution is 7.12. The summed E-state index contributed by atoms with van der Waals surface area (Å²) in [5, 5.41) is 17.8. The number of anilines is 1. The van der Waals surface area contributed by atoms with E-state index in [2.05, 4.69) is 29.1 Å². The lowest BCUT2D eigenvalue weighted by atomic mass is 9.93. The zero-order valence-electron chi connectivity index (χ0n) is 20.2. The number of benzene rings is 2. The van der Waals surface area contributed by atoms with Crippen LogP contribution in [0.2, 0.25) is 5.02 Å². The smallest absolute Gasteiger partial charge is 0.195 e. The van der Waals surface area contributed by atoms with Gasteiger partial charge < -0.3 is 10.4 Å². The first-order valence-corrected chi connectivity index (χ1v) is 13.1. The van der Waals surface area contributed by atoms with Crippen LogP contribution in [0.3, 0.4) is 0 Å². The fourth-order valence-electron chi connectivity index (χ4n) is 3.86. The molecule has 4 rings (SSSR count). The van der Waals surface area contributed by atoms with E-state index in [0.29, 0.717) is 28.6 Å². The number of nitrogens with one attached hydrogen (secondary N) is 1. The average Bonchev–Trinajstić information content (AvgIpc) is 3.43. The Morgan fingerprint density at radius 2 is 2.11 bits per heavy atom. The highest BCUT2D eigenvalue weighted by Gasteiger charge is 2.13. The molecule has 4 aromatic rings. The number of carbonyl (C=O) groups is 1. The number of halogens is 1. The first-order valence-electron chi connectivity index (χ1n) is 11.9. The molecule has 36 heavy (non-hydrogen) atoms. The van der Waals surface area contributed by atoms with Gasteiger partial charge in [0.05, 0.1) is 16.9 Å². The minimum absolute atomic E-state index is 0.0321. The van der Waals surface area contributed by atoms with Crippen molar-refractivity contribution in [1.29, 1.82) is 0 Å². The van der Waals surface area contributed by atoms with Gasteiger partial charge in [-0.25, -0.2) is 0 Å². The van der Waals surface area contributed by atoms with Crippen LogP contribution in [0.1, 0.15) is 52.5 Å². The van der Waals surface area contributed by atoms with E-state index in [9.17, 15) is 9.90 Å². The number of thiophene rings is 1. The highest BCUT2D eigenvalue weighted by atomic mass is 35.5. The minimum atomic E-state index is -0.0321. The molecule has 0 amide bonds. The van der Waals surface area contributed by atoms with Gasteiger partial charge in [-0.1, -0.05) is 37.6 Å². The van der Waals surface area contributed by atoms with Gasteiger partial charge in [-0.3, -0.25) is 14.8 Å². The molecule has 0 saturated carbocycles. The number of phenols is 1. The van der Waals surface area contributed by atoms with Crippen molar-refractivity contribution >= 4 is 57.6 Å². The van der Waals surface area contributed by atoms with Gasteiger partial charge >= 0.3 is 0 Å². The topological polar surface area (TPSA) is 74.6 Å². The number of hydrogen-bond donors (Lipinski definition) is 2. The van der Waals surface area contributed by atoms with Gasteiger partial charge in [0.25, 0.3) is 0 Å². The number of phenolic OH excluding ortho intramolecular Hbond substituents is 1. The van der Waals surface area contributed by atoms with Crippen molar-refractivity contribution in [2.24, 2.45) is 4.99 Å².